The highest BCUT2D eigenvalue weighted by molar-refractivity contribution is 5.96. The third-order valence-corrected chi connectivity index (χ3v) is 5.07. The number of hydrogen-bond acceptors (Lipinski definition) is 1. The standard InChI is InChI=1S/C22H24O/c1-16-11-13-18(14-12-16)17(2)21-10-6-9-20(21)15-22(23)19-7-4-3-5-8-19/h3-5,7-8,11-14,20-21H,2,6,9-10,15H2,1H3/t20-,21+/m1/s1. The summed E-state index contributed by atoms with van der Waals surface area (Å²) in [6.07, 6.45) is 4.12. The molecule has 0 radical (unpaired) electrons. The van der Waals surface area contributed by atoms with Crippen LogP contribution in [0.4, 0.5) is 0 Å². The lowest BCUT2D eigenvalue weighted by atomic mass is 9.82. The molecule has 1 saturated carbocycles. The molecule has 0 bridgehead atoms. The lowest BCUT2D eigenvalue weighted by molar-refractivity contribution is 0.0956. The quantitative estimate of drug-likeness (QED) is 0.648. The van der Waals surface area contributed by atoms with Gasteiger partial charge in [0.2, 0.25) is 0 Å². The third-order valence-electron chi connectivity index (χ3n) is 5.07. The van der Waals surface area contributed by atoms with Gasteiger partial charge in [-0.15, -0.1) is 0 Å². The number of ketones is 1. The number of rotatable bonds is 5. The Kier molecular flexibility index (Phi) is 4.76. The molecule has 0 heterocycles. The lowest BCUT2D eigenvalue weighted by Crippen LogP contribution is -2.14. The minimum atomic E-state index is 0.263. The third kappa shape index (κ3) is 3.61. The second kappa shape index (κ2) is 6.95. The van der Waals surface area contributed by atoms with Gasteiger partial charge in [-0.3, -0.25) is 4.79 Å². The van der Waals surface area contributed by atoms with E-state index in [1.807, 2.05) is 30.3 Å². The minimum Gasteiger partial charge on any atom is -0.294 e. The van der Waals surface area contributed by atoms with Crippen LogP contribution in [0.2, 0.25) is 0 Å². The SMILES string of the molecule is C=C(c1ccc(C)cc1)[C@@H]1CCC[C@@H]1CC(=O)c1ccccc1. The van der Waals surface area contributed by atoms with E-state index in [0.29, 0.717) is 18.3 Å². The Hall–Kier alpha value is -2.15. The topological polar surface area (TPSA) is 17.1 Å². The molecular formula is C22H24O. The summed E-state index contributed by atoms with van der Waals surface area (Å²) in [7, 11) is 0. The summed E-state index contributed by atoms with van der Waals surface area (Å²) in [4.78, 5) is 12.5. The van der Waals surface area contributed by atoms with E-state index >= 15 is 0 Å². The predicted molar refractivity (Wildman–Crippen MR) is 96.4 cm³/mol. The zero-order chi connectivity index (χ0) is 16.2. The van der Waals surface area contributed by atoms with Crippen molar-refractivity contribution in [3.63, 3.8) is 0 Å². The molecule has 0 amide bonds. The molecule has 2 aromatic rings. The van der Waals surface area contributed by atoms with Gasteiger partial charge in [-0.05, 0) is 42.7 Å². The van der Waals surface area contributed by atoms with Crippen LogP contribution in [0, 0.1) is 18.8 Å². The van der Waals surface area contributed by atoms with Crippen molar-refractivity contribution in [2.45, 2.75) is 32.6 Å². The number of allylic oxidation sites excluding steroid dienone is 1. The van der Waals surface area contributed by atoms with Crippen LogP contribution in [0.15, 0.2) is 61.2 Å². The molecule has 1 aliphatic rings. The van der Waals surface area contributed by atoms with Gasteiger partial charge in [0, 0.05) is 12.0 Å². The Morgan fingerprint density at radius 1 is 1.00 bits per heavy atom. The van der Waals surface area contributed by atoms with Crippen molar-refractivity contribution in [1.82, 2.24) is 0 Å². The summed E-state index contributed by atoms with van der Waals surface area (Å²) in [5.41, 5.74) is 4.52. The van der Waals surface area contributed by atoms with Gasteiger partial charge < -0.3 is 0 Å². The van der Waals surface area contributed by atoms with Crippen molar-refractivity contribution >= 4 is 11.4 Å². The molecule has 1 fully saturated rings. The highest BCUT2D eigenvalue weighted by atomic mass is 16.1. The minimum absolute atomic E-state index is 0.263. The van der Waals surface area contributed by atoms with Gasteiger partial charge in [0.15, 0.2) is 5.78 Å². The number of hydrogen-bond donors (Lipinski definition) is 0. The Balaban J connectivity index is 1.71. The average Bonchev–Trinajstić information content (AvgIpc) is 3.04. The summed E-state index contributed by atoms with van der Waals surface area (Å²) in [6, 6.07) is 18.3. The second-order valence-corrected chi connectivity index (χ2v) is 6.68. The Morgan fingerprint density at radius 3 is 2.39 bits per heavy atom. The molecule has 1 heteroatoms. The van der Waals surface area contributed by atoms with Gasteiger partial charge in [-0.25, -0.2) is 0 Å². The summed E-state index contributed by atoms with van der Waals surface area (Å²) < 4.78 is 0. The summed E-state index contributed by atoms with van der Waals surface area (Å²) in [5.74, 6) is 1.13. The fourth-order valence-corrected chi connectivity index (χ4v) is 3.70. The van der Waals surface area contributed by atoms with Crippen molar-refractivity contribution in [2.24, 2.45) is 11.8 Å². The maximum atomic E-state index is 12.5. The zero-order valence-corrected chi connectivity index (χ0v) is 13.8. The number of aryl methyl sites for hydroxylation is 1. The molecule has 2 aromatic carbocycles. The van der Waals surface area contributed by atoms with Gasteiger partial charge in [0.25, 0.3) is 0 Å². The molecule has 0 saturated heterocycles. The summed E-state index contributed by atoms with van der Waals surface area (Å²) in [5, 5.41) is 0. The highest BCUT2D eigenvalue weighted by Gasteiger charge is 2.31. The Bertz CT molecular complexity index is 682. The molecule has 1 aliphatic carbocycles. The zero-order valence-electron chi connectivity index (χ0n) is 13.8. The number of carbonyl (C=O) groups excluding carboxylic acids is 1. The van der Waals surface area contributed by atoms with E-state index in [1.165, 1.54) is 23.1 Å². The first-order valence-electron chi connectivity index (χ1n) is 8.49. The number of carbonyl (C=O) groups is 1. The lowest BCUT2D eigenvalue weighted by Gasteiger charge is -2.22. The van der Waals surface area contributed by atoms with Crippen molar-refractivity contribution in [1.29, 1.82) is 0 Å². The van der Waals surface area contributed by atoms with Gasteiger partial charge >= 0.3 is 0 Å². The first kappa shape index (κ1) is 15.7. The van der Waals surface area contributed by atoms with E-state index in [-0.39, 0.29) is 5.78 Å². The van der Waals surface area contributed by atoms with Gasteiger partial charge in [-0.1, -0.05) is 73.2 Å². The average molecular weight is 304 g/mol. The molecule has 0 spiro atoms. The van der Waals surface area contributed by atoms with Crippen LogP contribution in [0.3, 0.4) is 0 Å². The molecule has 0 aromatic heterocycles. The van der Waals surface area contributed by atoms with Crippen LogP contribution >= 0.6 is 0 Å². The van der Waals surface area contributed by atoms with E-state index in [4.69, 9.17) is 0 Å². The van der Waals surface area contributed by atoms with Crippen LogP contribution in [0.25, 0.3) is 5.57 Å². The highest BCUT2D eigenvalue weighted by Crippen LogP contribution is 2.42. The van der Waals surface area contributed by atoms with Crippen LogP contribution in [-0.2, 0) is 0 Å². The van der Waals surface area contributed by atoms with Crippen molar-refractivity contribution in [2.75, 3.05) is 0 Å². The molecule has 0 unspecified atom stereocenters. The van der Waals surface area contributed by atoms with E-state index in [2.05, 4.69) is 37.8 Å². The van der Waals surface area contributed by atoms with Crippen molar-refractivity contribution in [3.8, 4) is 0 Å². The molecule has 2 atom stereocenters. The van der Waals surface area contributed by atoms with Crippen LogP contribution in [0.5, 0.6) is 0 Å². The molecule has 0 aliphatic heterocycles. The van der Waals surface area contributed by atoms with Crippen LogP contribution in [-0.4, -0.2) is 5.78 Å². The monoisotopic (exact) mass is 304 g/mol. The fraction of sp³-hybridized carbons (Fsp3) is 0.318. The molecule has 3 rings (SSSR count). The molecule has 1 nitrogen and oxygen atoms in total. The molecule has 0 N–H and O–H groups in total. The first-order chi connectivity index (χ1) is 11.1. The summed E-state index contributed by atoms with van der Waals surface area (Å²) >= 11 is 0. The van der Waals surface area contributed by atoms with Gasteiger partial charge in [0.05, 0.1) is 0 Å². The normalized spacial score (nSPS) is 20.4. The maximum absolute atomic E-state index is 12.5. The molecular weight excluding hydrogens is 280 g/mol. The molecule has 118 valence electrons. The van der Waals surface area contributed by atoms with E-state index in [0.717, 1.165) is 18.4 Å². The van der Waals surface area contributed by atoms with E-state index in [9.17, 15) is 4.79 Å². The van der Waals surface area contributed by atoms with E-state index < -0.39 is 0 Å². The second-order valence-electron chi connectivity index (χ2n) is 6.68. The van der Waals surface area contributed by atoms with Crippen molar-refractivity contribution in [3.05, 3.63) is 77.9 Å². The Labute approximate surface area is 139 Å². The maximum Gasteiger partial charge on any atom is 0.163 e. The number of Topliss-reactive ketones (excluding diaryl/α,β-unsaturated/α-hetero) is 1. The van der Waals surface area contributed by atoms with Crippen molar-refractivity contribution < 1.29 is 4.79 Å². The predicted octanol–water partition coefficient (Wildman–Crippen LogP) is 5.70. The fourth-order valence-electron chi connectivity index (χ4n) is 3.70. The smallest absolute Gasteiger partial charge is 0.163 e. The van der Waals surface area contributed by atoms with Gasteiger partial charge in [0.1, 0.15) is 0 Å². The largest absolute Gasteiger partial charge is 0.294 e. The Morgan fingerprint density at radius 2 is 1.70 bits per heavy atom. The number of benzene rings is 2. The summed E-state index contributed by atoms with van der Waals surface area (Å²) in [6.45, 7) is 6.46. The van der Waals surface area contributed by atoms with E-state index in [1.54, 1.807) is 0 Å². The molecule has 23 heavy (non-hydrogen) atoms. The van der Waals surface area contributed by atoms with Gasteiger partial charge in [-0.2, -0.15) is 0 Å². The van der Waals surface area contributed by atoms with Crippen LogP contribution < -0.4 is 0 Å². The van der Waals surface area contributed by atoms with Crippen LogP contribution in [0.1, 0.15) is 47.2 Å². The first-order valence-corrected chi connectivity index (χ1v) is 8.49.